The van der Waals surface area contributed by atoms with Crippen LogP contribution in [0, 0.1) is 5.41 Å². The summed E-state index contributed by atoms with van der Waals surface area (Å²) in [6.45, 7) is 11.1. The van der Waals surface area contributed by atoms with Crippen molar-refractivity contribution in [3.63, 3.8) is 0 Å². The van der Waals surface area contributed by atoms with Gasteiger partial charge >= 0.3 is 5.97 Å². The number of imide groups is 1. The van der Waals surface area contributed by atoms with Crippen LogP contribution in [0.5, 0.6) is 0 Å². The molecule has 1 aromatic rings. The molecule has 1 heterocycles. The second-order valence-corrected chi connectivity index (χ2v) is 13.0. The highest BCUT2D eigenvalue weighted by atomic mass is 16.6. The molecule has 6 amide bonds. The summed E-state index contributed by atoms with van der Waals surface area (Å²) >= 11 is 0. The van der Waals surface area contributed by atoms with Gasteiger partial charge in [-0.25, -0.2) is 0 Å². The number of amides is 6. The van der Waals surface area contributed by atoms with E-state index in [2.05, 4.69) is 21.3 Å². The summed E-state index contributed by atoms with van der Waals surface area (Å²) in [5.74, 6) is -2.79. The molecule has 0 bridgehead atoms. The molecule has 0 radical (unpaired) electrons. The number of esters is 1. The highest BCUT2D eigenvalue weighted by Gasteiger charge is 2.24. The molecule has 4 N–H and O–H groups in total. The first-order chi connectivity index (χ1) is 25.2. The fraction of sp³-hybridized carbons (Fsp3) is 0.583. The lowest BCUT2D eigenvalue weighted by atomic mass is 9.97. The lowest BCUT2D eigenvalue weighted by Gasteiger charge is -2.18. The van der Waals surface area contributed by atoms with E-state index >= 15 is 0 Å². The lowest BCUT2D eigenvalue weighted by Crippen LogP contribution is -2.50. The van der Waals surface area contributed by atoms with Gasteiger partial charge in [-0.3, -0.25) is 38.5 Å². The van der Waals surface area contributed by atoms with Crippen molar-refractivity contribution in [2.75, 3.05) is 71.3 Å². The van der Waals surface area contributed by atoms with Crippen molar-refractivity contribution in [3.8, 4) is 0 Å². The Bertz CT molecular complexity index is 1390. The first-order valence-electron chi connectivity index (χ1n) is 17.5. The summed E-state index contributed by atoms with van der Waals surface area (Å²) in [7, 11) is 0. The van der Waals surface area contributed by atoms with Crippen molar-refractivity contribution >= 4 is 47.1 Å². The number of hydrogen-bond acceptors (Lipinski definition) is 12. The van der Waals surface area contributed by atoms with Crippen molar-refractivity contribution < 1.29 is 57.2 Å². The van der Waals surface area contributed by atoms with Crippen LogP contribution in [0.4, 0.5) is 5.69 Å². The Kier molecular flexibility index (Phi) is 19.9. The van der Waals surface area contributed by atoms with Gasteiger partial charge in [0.1, 0.15) is 18.7 Å². The molecule has 0 saturated heterocycles. The molecular weight excluding hydrogens is 694 g/mol. The van der Waals surface area contributed by atoms with Crippen LogP contribution in [0.15, 0.2) is 36.4 Å². The maximum atomic E-state index is 12.6. The predicted octanol–water partition coefficient (Wildman–Crippen LogP) is 0.612. The highest BCUT2D eigenvalue weighted by Crippen LogP contribution is 2.17. The number of benzene rings is 1. The fourth-order valence-corrected chi connectivity index (χ4v) is 4.23. The molecule has 17 heteroatoms. The smallest absolute Gasteiger partial charge is 0.311 e. The van der Waals surface area contributed by atoms with E-state index in [1.165, 1.54) is 26.0 Å². The van der Waals surface area contributed by atoms with Crippen molar-refractivity contribution in [3.05, 3.63) is 42.0 Å². The first kappa shape index (κ1) is 44.5. The van der Waals surface area contributed by atoms with E-state index in [1.54, 1.807) is 45.0 Å². The summed E-state index contributed by atoms with van der Waals surface area (Å²) in [6, 6.07) is 5.04. The largest absolute Gasteiger partial charge is 0.460 e. The molecule has 17 nitrogen and oxygen atoms in total. The molecule has 0 spiro atoms. The van der Waals surface area contributed by atoms with Gasteiger partial charge in [0.05, 0.1) is 58.3 Å². The van der Waals surface area contributed by atoms with Gasteiger partial charge < -0.3 is 45.0 Å². The van der Waals surface area contributed by atoms with Gasteiger partial charge in [-0.2, -0.15) is 0 Å². The minimum Gasteiger partial charge on any atom is -0.460 e. The van der Waals surface area contributed by atoms with Gasteiger partial charge in [-0.15, -0.1) is 0 Å². The Hall–Kier alpha value is -4.71. The van der Waals surface area contributed by atoms with Crippen LogP contribution in [0.1, 0.15) is 53.0 Å². The van der Waals surface area contributed by atoms with E-state index in [1.807, 2.05) is 0 Å². The van der Waals surface area contributed by atoms with Gasteiger partial charge in [0, 0.05) is 43.8 Å². The third-order valence-electron chi connectivity index (χ3n) is 7.35. The maximum absolute atomic E-state index is 12.6. The molecule has 0 fully saturated rings. The zero-order valence-electron chi connectivity index (χ0n) is 31.2. The predicted molar refractivity (Wildman–Crippen MR) is 191 cm³/mol. The number of rotatable bonds is 25. The van der Waals surface area contributed by atoms with Crippen molar-refractivity contribution in [2.45, 2.75) is 66.2 Å². The molecular formula is C36H53N5O12. The average molecular weight is 748 g/mol. The van der Waals surface area contributed by atoms with Crippen LogP contribution in [-0.2, 0) is 63.9 Å². The summed E-state index contributed by atoms with van der Waals surface area (Å²) in [4.78, 5) is 85.1. The number of ether oxygens (including phenoxy) is 5. The Morgan fingerprint density at radius 1 is 0.679 bits per heavy atom. The SMILES string of the molecule is CC(NC(=O)[C@@H](C)NC(=O)CCOCCOCCOCCOCCNC(=O)CCN1C(=O)C=CC1=O)C(=O)Nc1ccc(COC(=O)C(C)(C)C)cc1. The van der Waals surface area contributed by atoms with E-state index < -0.39 is 41.1 Å². The minimum absolute atomic E-state index is 0.0210. The van der Waals surface area contributed by atoms with E-state index in [9.17, 15) is 33.6 Å². The Morgan fingerprint density at radius 3 is 1.77 bits per heavy atom. The zero-order valence-corrected chi connectivity index (χ0v) is 31.2. The van der Waals surface area contributed by atoms with Gasteiger partial charge in [-0.1, -0.05) is 12.1 Å². The number of anilines is 1. The normalized spacial score (nSPS) is 13.7. The van der Waals surface area contributed by atoms with Gasteiger partial charge in [0.2, 0.25) is 23.6 Å². The summed E-state index contributed by atoms with van der Waals surface area (Å²) in [5.41, 5.74) is 0.666. The van der Waals surface area contributed by atoms with Crippen LogP contribution in [0.2, 0.25) is 0 Å². The monoisotopic (exact) mass is 747 g/mol. The molecule has 1 aliphatic rings. The van der Waals surface area contributed by atoms with E-state index in [4.69, 9.17) is 23.7 Å². The quantitative estimate of drug-likeness (QED) is 0.0615. The molecule has 2 atom stereocenters. The maximum Gasteiger partial charge on any atom is 0.311 e. The van der Waals surface area contributed by atoms with Gasteiger partial charge in [0.15, 0.2) is 0 Å². The molecule has 0 aliphatic carbocycles. The number of nitrogens with zero attached hydrogens (tertiary/aromatic N) is 1. The molecule has 1 aliphatic heterocycles. The summed E-state index contributed by atoms with van der Waals surface area (Å²) in [6.07, 6.45) is 2.40. The lowest BCUT2D eigenvalue weighted by molar-refractivity contribution is -0.154. The topological polar surface area (TPSA) is 217 Å². The standard InChI is InChI=1S/C36H53N5O12/c1-25(33(46)39-26(2)34(47)40-28-8-6-27(7-9-28)24-53-35(48)36(3,4)5)38-30(43)13-16-49-18-20-51-22-23-52-21-19-50-17-14-37-29(42)12-15-41-31(44)10-11-32(41)45/h6-11,25-26H,12-24H2,1-5H3,(H,37,42)(H,38,43)(H,39,46)(H,40,47)/t25-,26?/m1/s1. The van der Waals surface area contributed by atoms with Crippen LogP contribution in [-0.4, -0.2) is 124 Å². The molecule has 1 unspecified atom stereocenters. The minimum atomic E-state index is -0.877. The number of nitrogens with one attached hydrogen (secondary N) is 4. The third-order valence-corrected chi connectivity index (χ3v) is 7.35. The number of carbonyl (C=O) groups excluding carboxylic acids is 7. The Morgan fingerprint density at radius 2 is 1.21 bits per heavy atom. The van der Waals surface area contributed by atoms with Gasteiger partial charge in [0.25, 0.3) is 11.8 Å². The molecule has 0 saturated carbocycles. The Balaban J connectivity index is 1.42. The third kappa shape index (κ3) is 18.6. The van der Waals surface area contributed by atoms with Crippen LogP contribution in [0.3, 0.4) is 0 Å². The highest BCUT2D eigenvalue weighted by molar-refractivity contribution is 6.13. The van der Waals surface area contributed by atoms with E-state index in [0.717, 1.165) is 10.5 Å². The van der Waals surface area contributed by atoms with Crippen LogP contribution in [0.25, 0.3) is 0 Å². The summed E-state index contributed by atoms with van der Waals surface area (Å²) < 4.78 is 26.9. The fourth-order valence-electron chi connectivity index (χ4n) is 4.23. The zero-order chi connectivity index (χ0) is 39.2. The second-order valence-electron chi connectivity index (χ2n) is 13.0. The summed E-state index contributed by atoms with van der Waals surface area (Å²) in [5, 5.41) is 10.5. The van der Waals surface area contributed by atoms with Crippen molar-refractivity contribution in [1.29, 1.82) is 0 Å². The van der Waals surface area contributed by atoms with E-state index in [0.29, 0.717) is 38.7 Å². The average Bonchev–Trinajstić information content (AvgIpc) is 3.43. The van der Waals surface area contributed by atoms with Crippen molar-refractivity contribution in [1.82, 2.24) is 20.9 Å². The number of hydrogen-bond donors (Lipinski definition) is 4. The van der Waals surface area contributed by atoms with E-state index in [-0.39, 0.29) is 70.1 Å². The first-order valence-corrected chi connectivity index (χ1v) is 17.5. The van der Waals surface area contributed by atoms with Crippen molar-refractivity contribution in [2.24, 2.45) is 5.41 Å². The molecule has 294 valence electrons. The molecule has 1 aromatic carbocycles. The van der Waals surface area contributed by atoms with Crippen LogP contribution < -0.4 is 21.3 Å². The molecule has 0 aromatic heterocycles. The van der Waals surface area contributed by atoms with Crippen LogP contribution >= 0.6 is 0 Å². The number of carbonyl (C=O) groups is 7. The molecule has 53 heavy (non-hydrogen) atoms. The van der Waals surface area contributed by atoms with Gasteiger partial charge in [-0.05, 0) is 52.3 Å². The Labute approximate surface area is 309 Å². The second kappa shape index (κ2) is 23.8. The molecule has 2 rings (SSSR count).